The van der Waals surface area contributed by atoms with Crippen molar-refractivity contribution in [2.45, 2.75) is 18.9 Å². The van der Waals surface area contributed by atoms with E-state index < -0.39 is 5.60 Å². The molecule has 0 aliphatic rings. The number of halogens is 1. The van der Waals surface area contributed by atoms with E-state index in [1.807, 2.05) is 72.3 Å². The normalized spacial score (nSPS) is 13.1. The molecule has 0 saturated carbocycles. The predicted molar refractivity (Wildman–Crippen MR) is 140 cm³/mol. The van der Waals surface area contributed by atoms with Gasteiger partial charge in [-0.05, 0) is 58.5 Å². The molecule has 176 valence electrons. The van der Waals surface area contributed by atoms with Crippen molar-refractivity contribution >= 4 is 22.5 Å². The van der Waals surface area contributed by atoms with Crippen LogP contribution in [0.4, 0.5) is 0 Å². The predicted octanol–water partition coefficient (Wildman–Crippen LogP) is 6.14. The fourth-order valence-electron chi connectivity index (χ4n) is 4.58. The van der Waals surface area contributed by atoms with E-state index in [1.54, 1.807) is 19.6 Å². The molecule has 0 saturated heterocycles. The first-order valence-electron chi connectivity index (χ1n) is 11.5. The number of pyridine rings is 1. The highest BCUT2D eigenvalue weighted by Crippen LogP contribution is 2.40. The summed E-state index contributed by atoms with van der Waals surface area (Å²) in [6.45, 7) is 2.12. The van der Waals surface area contributed by atoms with Crippen LogP contribution in [0, 0.1) is 0 Å². The molecule has 1 atom stereocenters. The van der Waals surface area contributed by atoms with Crippen molar-refractivity contribution in [3.05, 3.63) is 113 Å². The second kappa shape index (κ2) is 9.17. The van der Waals surface area contributed by atoms with Gasteiger partial charge in [0, 0.05) is 23.5 Å². The summed E-state index contributed by atoms with van der Waals surface area (Å²) in [4.78, 5) is 8.94. The van der Waals surface area contributed by atoms with Gasteiger partial charge in [0.25, 0.3) is 0 Å². The SMILES string of the molecule is CCc1ccc(C(O)(c2ccc3nc(OC)cc(-c4cccc(Cl)c4)c3c2)c2cncn2C)cc1. The molecular formula is C29H26ClN3O2. The number of aryl methyl sites for hydroxylation is 2. The number of rotatable bonds is 6. The third-order valence-electron chi connectivity index (χ3n) is 6.52. The van der Waals surface area contributed by atoms with E-state index in [0.717, 1.165) is 34.0 Å². The van der Waals surface area contributed by atoms with Crippen LogP contribution in [0.15, 0.2) is 85.3 Å². The van der Waals surface area contributed by atoms with Gasteiger partial charge in [0.2, 0.25) is 5.88 Å². The Morgan fingerprint density at radius 3 is 2.43 bits per heavy atom. The van der Waals surface area contributed by atoms with Gasteiger partial charge in [-0.25, -0.2) is 9.97 Å². The first-order valence-corrected chi connectivity index (χ1v) is 11.9. The number of benzene rings is 3. The Kier molecular flexibility index (Phi) is 6.05. The second-order valence-corrected chi connectivity index (χ2v) is 9.04. The van der Waals surface area contributed by atoms with Crippen molar-refractivity contribution in [1.29, 1.82) is 0 Å². The Morgan fingerprint density at radius 2 is 1.77 bits per heavy atom. The molecule has 1 unspecified atom stereocenters. The minimum absolute atomic E-state index is 0.511. The maximum Gasteiger partial charge on any atom is 0.214 e. The van der Waals surface area contributed by atoms with Crippen LogP contribution >= 0.6 is 11.6 Å². The summed E-state index contributed by atoms with van der Waals surface area (Å²) in [5, 5.41) is 13.9. The highest BCUT2D eigenvalue weighted by Gasteiger charge is 2.37. The van der Waals surface area contributed by atoms with Gasteiger partial charge in [-0.2, -0.15) is 0 Å². The zero-order valence-corrected chi connectivity index (χ0v) is 20.6. The monoisotopic (exact) mass is 483 g/mol. The largest absolute Gasteiger partial charge is 0.481 e. The van der Waals surface area contributed by atoms with E-state index >= 15 is 0 Å². The number of nitrogens with zero attached hydrogens (tertiary/aromatic N) is 3. The smallest absolute Gasteiger partial charge is 0.214 e. The number of hydrogen-bond acceptors (Lipinski definition) is 4. The molecule has 0 amide bonds. The molecule has 5 rings (SSSR count). The standard InChI is InChI=1S/C29H26ClN3O2/c1-4-19-8-10-21(11-9-19)29(34,27-17-31-18-33(27)2)22-12-13-26-25(15-22)24(16-28(32-26)35-3)20-6-5-7-23(30)14-20/h5-18,34H,4H2,1-3H3. The Bertz CT molecular complexity index is 1510. The van der Waals surface area contributed by atoms with Crippen LogP contribution in [0.2, 0.25) is 5.02 Å². The number of hydrogen-bond donors (Lipinski definition) is 1. The summed E-state index contributed by atoms with van der Waals surface area (Å²) in [5.41, 5.74) is 4.57. The van der Waals surface area contributed by atoms with Crippen molar-refractivity contribution in [1.82, 2.24) is 14.5 Å². The Hall–Kier alpha value is -3.67. The zero-order chi connectivity index (χ0) is 24.6. The molecule has 0 aliphatic carbocycles. The molecule has 1 N–H and O–H groups in total. The number of imidazole rings is 1. The van der Waals surface area contributed by atoms with Crippen LogP contribution < -0.4 is 4.74 Å². The molecule has 5 aromatic rings. The van der Waals surface area contributed by atoms with Crippen LogP contribution in [0.5, 0.6) is 5.88 Å². The quantitative estimate of drug-likeness (QED) is 0.315. The topological polar surface area (TPSA) is 60.2 Å². The highest BCUT2D eigenvalue weighted by molar-refractivity contribution is 6.30. The molecule has 0 radical (unpaired) electrons. The van der Waals surface area contributed by atoms with Gasteiger partial charge >= 0.3 is 0 Å². The van der Waals surface area contributed by atoms with Crippen LogP contribution in [-0.4, -0.2) is 26.8 Å². The summed E-state index contributed by atoms with van der Waals surface area (Å²) >= 11 is 6.32. The van der Waals surface area contributed by atoms with Crippen molar-refractivity contribution in [2.75, 3.05) is 7.11 Å². The van der Waals surface area contributed by atoms with E-state index in [-0.39, 0.29) is 0 Å². The van der Waals surface area contributed by atoms with Crippen LogP contribution in [-0.2, 0) is 19.1 Å². The molecule has 3 aromatic carbocycles. The molecule has 5 nitrogen and oxygen atoms in total. The van der Waals surface area contributed by atoms with Gasteiger partial charge in [0.1, 0.15) is 0 Å². The van der Waals surface area contributed by atoms with Gasteiger partial charge in [0.05, 0.1) is 30.8 Å². The number of ether oxygens (including phenoxy) is 1. The van der Waals surface area contributed by atoms with Gasteiger partial charge in [-0.3, -0.25) is 0 Å². The summed E-state index contributed by atoms with van der Waals surface area (Å²) in [7, 11) is 3.49. The lowest BCUT2D eigenvalue weighted by atomic mass is 9.82. The third-order valence-corrected chi connectivity index (χ3v) is 6.75. The minimum Gasteiger partial charge on any atom is -0.481 e. The molecule has 0 fully saturated rings. The summed E-state index contributed by atoms with van der Waals surface area (Å²) in [6, 6.07) is 23.5. The van der Waals surface area contributed by atoms with E-state index in [1.165, 1.54) is 5.56 Å². The number of aliphatic hydroxyl groups is 1. The molecule has 0 bridgehead atoms. The van der Waals surface area contributed by atoms with E-state index in [9.17, 15) is 5.11 Å². The van der Waals surface area contributed by atoms with Crippen molar-refractivity contribution in [2.24, 2.45) is 7.05 Å². The van der Waals surface area contributed by atoms with Gasteiger partial charge in [-0.15, -0.1) is 0 Å². The molecular weight excluding hydrogens is 458 g/mol. The summed E-state index contributed by atoms with van der Waals surface area (Å²) in [5.74, 6) is 0.511. The lowest BCUT2D eigenvalue weighted by Gasteiger charge is -2.30. The average Bonchev–Trinajstić information content (AvgIpc) is 3.33. The molecule has 35 heavy (non-hydrogen) atoms. The average molecular weight is 484 g/mol. The Labute approximate surface area is 209 Å². The fourth-order valence-corrected chi connectivity index (χ4v) is 4.77. The van der Waals surface area contributed by atoms with Crippen molar-refractivity contribution in [3.63, 3.8) is 0 Å². The number of aromatic nitrogens is 3. The van der Waals surface area contributed by atoms with Crippen LogP contribution in [0.1, 0.15) is 29.3 Å². The first kappa shape index (κ1) is 23.1. The summed E-state index contributed by atoms with van der Waals surface area (Å²) in [6.07, 6.45) is 4.34. The first-order chi connectivity index (χ1) is 16.9. The van der Waals surface area contributed by atoms with Crippen LogP contribution in [0.3, 0.4) is 0 Å². The van der Waals surface area contributed by atoms with Crippen molar-refractivity contribution < 1.29 is 9.84 Å². The fraction of sp³-hybridized carbons (Fsp3) is 0.172. The highest BCUT2D eigenvalue weighted by atomic mass is 35.5. The molecule has 2 aromatic heterocycles. The van der Waals surface area contributed by atoms with E-state index in [0.29, 0.717) is 22.2 Å². The molecule has 0 spiro atoms. The molecule has 0 aliphatic heterocycles. The van der Waals surface area contributed by atoms with Crippen molar-refractivity contribution in [3.8, 4) is 17.0 Å². The van der Waals surface area contributed by atoms with Gasteiger partial charge < -0.3 is 14.4 Å². The van der Waals surface area contributed by atoms with Gasteiger partial charge in [0.15, 0.2) is 5.60 Å². The van der Waals surface area contributed by atoms with Gasteiger partial charge in [-0.1, -0.05) is 61.0 Å². The lowest BCUT2D eigenvalue weighted by Crippen LogP contribution is -2.31. The number of methoxy groups -OCH3 is 1. The van der Waals surface area contributed by atoms with E-state index in [4.69, 9.17) is 16.3 Å². The maximum absolute atomic E-state index is 12.4. The zero-order valence-electron chi connectivity index (χ0n) is 19.9. The third kappa shape index (κ3) is 4.07. The Balaban J connectivity index is 1.79. The minimum atomic E-state index is -1.42. The second-order valence-electron chi connectivity index (χ2n) is 8.61. The molecule has 2 heterocycles. The lowest BCUT2D eigenvalue weighted by molar-refractivity contribution is 0.117. The maximum atomic E-state index is 12.4. The Morgan fingerprint density at radius 1 is 1.00 bits per heavy atom. The molecule has 6 heteroatoms. The van der Waals surface area contributed by atoms with Crippen LogP contribution in [0.25, 0.3) is 22.0 Å². The summed E-state index contributed by atoms with van der Waals surface area (Å²) < 4.78 is 7.32. The number of fused-ring (bicyclic) bond motifs is 1. The van der Waals surface area contributed by atoms with E-state index in [2.05, 4.69) is 29.0 Å².